The van der Waals surface area contributed by atoms with Gasteiger partial charge >= 0.3 is 0 Å². The van der Waals surface area contributed by atoms with Gasteiger partial charge in [-0.1, -0.05) is 30.3 Å². The van der Waals surface area contributed by atoms with Crippen molar-refractivity contribution in [2.75, 3.05) is 12.3 Å². The number of nitrogens with zero attached hydrogens (tertiary/aromatic N) is 3. The topological polar surface area (TPSA) is 108 Å². The Kier molecular flexibility index (Phi) is 6.21. The van der Waals surface area contributed by atoms with Crippen LogP contribution in [0.2, 0.25) is 0 Å². The van der Waals surface area contributed by atoms with E-state index in [-0.39, 0.29) is 6.54 Å². The predicted molar refractivity (Wildman–Crippen MR) is 112 cm³/mol. The highest BCUT2D eigenvalue weighted by Crippen LogP contribution is 2.29. The number of carbonyl (C=O) groups is 2. The minimum Gasteiger partial charge on any atom is -0.380 e. The molecule has 0 saturated heterocycles. The van der Waals surface area contributed by atoms with E-state index in [1.807, 2.05) is 41.2 Å². The van der Waals surface area contributed by atoms with E-state index in [0.717, 1.165) is 28.3 Å². The minimum atomic E-state index is -1.81. The van der Waals surface area contributed by atoms with Crippen LogP contribution in [0, 0.1) is 5.92 Å². The van der Waals surface area contributed by atoms with E-state index in [4.69, 9.17) is 0 Å². The van der Waals surface area contributed by atoms with Crippen molar-refractivity contribution in [3.8, 4) is 0 Å². The molecule has 0 saturated carbocycles. The molecule has 1 aromatic heterocycles. The molecule has 0 bridgehead atoms. The maximum absolute atomic E-state index is 12.5. The first kappa shape index (κ1) is 20.6. The van der Waals surface area contributed by atoms with E-state index in [1.165, 1.54) is 4.90 Å². The zero-order valence-corrected chi connectivity index (χ0v) is 17.2. The zero-order valence-electron chi connectivity index (χ0n) is 16.3. The van der Waals surface area contributed by atoms with Gasteiger partial charge in [0.2, 0.25) is 0 Å². The summed E-state index contributed by atoms with van der Waals surface area (Å²) < 4.78 is 1.87. The van der Waals surface area contributed by atoms with Crippen molar-refractivity contribution >= 4 is 23.6 Å². The van der Waals surface area contributed by atoms with Gasteiger partial charge in [-0.2, -0.15) is 5.10 Å². The average molecular weight is 429 g/mol. The molecule has 2 aliphatic heterocycles. The van der Waals surface area contributed by atoms with Gasteiger partial charge in [0.15, 0.2) is 12.2 Å². The fourth-order valence-corrected chi connectivity index (χ4v) is 4.76. The third-order valence-corrected chi connectivity index (χ3v) is 6.54. The Bertz CT molecular complexity index is 921. The molecule has 158 valence electrons. The van der Waals surface area contributed by atoms with Crippen molar-refractivity contribution in [2.45, 2.75) is 31.8 Å². The lowest BCUT2D eigenvalue weighted by atomic mass is 10.1. The number of aliphatic hydroxyl groups excluding tert-OH is 2. The lowest BCUT2D eigenvalue weighted by Crippen LogP contribution is -2.49. The molecule has 1 aromatic carbocycles. The first-order valence-corrected chi connectivity index (χ1v) is 10.8. The predicted octanol–water partition coefficient (Wildman–Crippen LogP) is 0.510. The Hall–Kier alpha value is -2.62. The van der Waals surface area contributed by atoms with Crippen LogP contribution < -0.4 is 5.32 Å². The van der Waals surface area contributed by atoms with Gasteiger partial charge in [-0.05, 0) is 17.2 Å². The molecule has 8 nitrogen and oxygen atoms in total. The van der Waals surface area contributed by atoms with E-state index in [9.17, 15) is 19.8 Å². The molecule has 2 aliphatic rings. The van der Waals surface area contributed by atoms with Gasteiger partial charge in [0.25, 0.3) is 11.8 Å². The second-order valence-electron chi connectivity index (χ2n) is 7.50. The van der Waals surface area contributed by atoms with Crippen LogP contribution in [0.1, 0.15) is 11.1 Å². The number of aromatic nitrogens is 2. The number of thioether (sulfide) groups is 1. The van der Waals surface area contributed by atoms with Gasteiger partial charge in [-0.25, -0.2) is 0 Å². The van der Waals surface area contributed by atoms with E-state index >= 15 is 0 Å². The molecule has 2 amide bonds. The highest BCUT2D eigenvalue weighted by atomic mass is 32.2. The molecule has 4 rings (SSSR count). The molecule has 30 heavy (non-hydrogen) atoms. The molecule has 3 atom stereocenters. The van der Waals surface area contributed by atoms with Gasteiger partial charge in [-0.15, -0.1) is 11.8 Å². The number of aliphatic hydroxyl groups is 2. The van der Waals surface area contributed by atoms with Crippen LogP contribution in [0.5, 0.6) is 0 Å². The molecule has 0 aliphatic carbocycles. The summed E-state index contributed by atoms with van der Waals surface area (Å²) >= 11 is 1.64. The second-order valence-corrected chi connectivity index (χ2v) is 8.65. The monoisotopic (exact) mass is 428 g/mol. The van der Waals surface area contributed by atoms with E-state index in [0.29, 0.717) is 19.0 Å². The SMILES string of the molecule is O=C(NCC1=CC(Cn2cccn2)CS1)[C@H](O)[C@@H](O)C(=O)N1Cc2ccccc2C1. The summed E-state index contributed by atoms with van der Waals surface area (Å²) in [5, 5.41) is 27.2. The van der Waals surface area contributed by atoms with Crippen molar-refractivity contribution in [2.24, 2.45) is 5.92 Å². The van der Waals surface area contributed by atoms with Gasteiger partial charge in [0.05, 0.1) is 0 Å². The van der Waals surface area contributed by atoms with Crippen molar-refractivity contribution in [1.82, 2.24) is 20.0 Å². The number of hydrogen-bond donors (Lipinski definition) is 3. The number of carbonyl (C=O) groups excluding carboxylic acids is 2. The summed E-state index contributed by atoms with van der Waals surface area (Å²) in [7, 11) is 0. The third kappa shape index (κ3) is 4.58. The third-order valence-electron chi connectivity index (χ3n) is 5.30. The normalized spacial score (nSPS) is 19.9. The molecule has 1 unspecified atom stereocenters. The van der Waals surface area contributed by atoms with Crippen LogP contribution in [0.25, 0.3) is 0 Å². The number of amides is 2. The van der Waals surface area contributed by atoms with Gasteiger partial charge in [-0.3, -0.25) is 14.3 Å². The highest BCUT2D eigenvalue weighted by molar-refractivity contribution is 8.03. The molecule has 0 fully saturated rings. The Labute approximate surface area is 178 Å². The standard InChI is InChI=1S/C21H24N4O4S/c26-18(19(27)21(29)24-11-15-4-1-2-5-16(15)12-24)20(28)22-9-17-8-14(13-30-17)10-25-7-3-6-23-25/h1-8,14,18-19,26-27H,9-13H2,(H,22,28)/t14?,18-,19-/m1/s1. The summed E-state index contributed by atoms with van der Waals surface area (Å²) in [6, 6.07) is 9.50. The summed E-state index contributed by atoms with van der Waals surface area (Å²) in [5.41, 5.74) is 2.01. The quantitative estimate of drug-likeness (QED) is 0.593. The van der Waals surface area contributed by atoms with Gasteiger partial charge < -0.3 is 20.4 Å². The number of nitrogens with one attached hydrogen (secondary N) is 1. The maximum atomic E-state index is 12.5. The van der Waals surface area contributed by atoms with Gasteiger partial charge in [0, 0.05) is 55.1 Å². The molecule has 3 N–H and O–H groups in total. The summed E-state index contributed by atoms with van der Waals surface area (Å²) in [5.74, 6) is -0.201. The minimum absolute atomic E-state index is 0.256. The fraction of sp³-hybridized carbons (Fsp3) is 0.381. The molecule has 3 heterocycles. The number of benzene rings is 1. The van der Waals surface area contributed by atoms with Crippen LogP contribution >= 0.6 is 11.8 Å². The van der Waals surface area contributed by atoms with Crippen LogP contribution in [0.15, 0.2) is 53.7 Å². The second kappa shape index (κ2) is 9.03. The molecule has 9 heteroatoms. The largest absolute Gasteiger partial charge is 0.380 e. The Morgan fingerprint density at radius 1 is 1.17 bits per heavy atom. The Morgan fingerprint density at radius 2 is 1.90 bits per heavy atom. The molecule has 2 aromatic rings. The molecular weight excluding hydrogens is 404 g/mol. The van der Waals surface area contributed by atoms with E-state index in [2.05, 4.69) is 16.5 Å². The first-order valence-electron chi connectivity index (χ1n) is 9.81. The average Bonchev–Trinajstić information content (AvgIpc) is 3.51. The maximum Gasteiger partial charge on any atom is 0.255 e. The van der Waals surface area contributed by atoms with Crippen molar-refractivity contribution in [3.63, 3.8) is 0 Å². The van der Waals surface area contributed by atoms with E-state index in [1.54, 1.807) is 18.0 Å². The summed E-state index contributed by atoms with van der Waals surface area (Å²) in [6.07, 6.45) is 2.13. The first-order chi connectivity index (χ1) is 14.5. The Balaban J connectivity index is 1.26. The molecular formula is C21H24N4O4S. The lowest BCUT2D eigenvalue weighted by Gasteiger charge is -2.22. The lowest BCUT2D eigenvalue weighted by molar-refractivity contribution is -0.153. The number of hydrogen-bond acceptors (Lipinski definition) is 6. The molecule has 0 radical (unpaired) electrons. The van der Waals surface area contributed by atoms with Crippen LogP contribution in [0.3, 0.4) is 0 Å². The summed E-state index contributed by atoms with van der Waals surface area (Å²) in [6.45, 7) is 1.75. The number of fused-ring (bicyclic) bond motifs is 1. The van der Waals surface area contributed by atoms with Crippen molar-refractivity contribution < 1.29 is 19.8 Å². The van der Waals surface area contributed by atoms with Crippen molar-refractivity contribution in [3.05, 3.63) is 64.8 Å². The van der Waals surface area contributed by atoms with E-state index < -0.39 is 24.0 Å². The zero-order chi connectivity index (χ0) is 21.1. The van der Waals surface area contributed by atoms with Crippen LogP contribution in [-0.4, -0.2) is 61.2 Å². The fourth-order valence-electron chi connectivity index (χ4n) is 3.67. The van der Waals surface area contributed by atoms with Crippen molar-refractivity contribution in [1.29, 1.82) is 0 Å². The van der Waals surface area contributed by atoms with Crippen LogP contribution in [-0.2, 0) is 29.2 Å². The smallest absolute Gasteiger partial charge is 0.255 e. The highest BCUT2D eigenvalue weighted by Gasteiger charge is 2.35. The van der Waals surface area contributed by atoms with Crippen LogP contribution in [0.4, 0.5) is 0 Å². The number of allylic oxidation sites excluding steroid dienone is 1. The van der Waals surface area contributed by atoms with Gasteiger partial charge in [0.1, 0.15) is 0 Å². The molecule has 0 spiro atoms. The Morgan fingerprint density at radius 3 is 2.57 bits per heavy atom. The summed E-state index contributed by atoms with van der Waals surface area (Å²) in [4.78, 5) is 27.2. The number of rotatable bonds is 7.